The fraction of sp³-hybridized carbons (Fsp3) is 0.407. The number of amides is 2. The molecule has 0 spiro atoms. The van der Waals surface area contributed by atoms with E-state index in [0.29, 0.717) is 81.1 Å². The minimum atomic E-state index is -4.72. The van der Waals surface area contributed by atoms with Crippen LogP contribution in [-0.2, 0) is 50.4 Å². The van der Waals surface area contributed by atoms with Gasteiger partial charge in [0.25, 0.3) is 21.9 Å². The van der Waals surface area contributed by atoms with Gasteiger partial charge in [-0.3, -0.25) is 14.1 Å². The van der Waals surface area contributed by atoms with Crippen molar-refractivity contribution in [1.82, 2.24) is 0 Å². The molecule has 0 saturated carbocycles. The van der Waals surface area contributed by atoms with Crippen LogP contribution >= 0.6 is 12.6 Å². The minimum absolute atomic E-state index is 0.00995. The van der Waals surface area contributed by atoms with Gasteiger partial charge in [-0.1, -0.05) is 36.4 Å². The highest BCUT2D eigenvalue weighted by Gasteiger charge is 2.47. The predicted octanol–water partition coefficient (Wildman–Crippen LogP) is 7.65. The molecular formula is C54H63N5O12S2. The molecule has 19 heteroatoms. The summed E-state index contributed by atoms with van der Waals surface area (Å²) in [4.78, 5) is 34.2. The highest BCUT2D eigenvalue weighted by Crippen LogP contribution is 2.44. The van der Waals surface area contributed by atoms with Crippen molar-refractivity contribution in [2.45, 2.75) is 68.5 Å². The second kappa shape index (κ2) is 22.1. The zero-order valence-electron chi connectivity index (χ0n) is 41.7. The van der Waals surface area contributed by atoms with Gasteiger partial charge >= 0.3 is 0 Å². The summed E-state index contributed by atoms with van der Waals surface area (Å²) in [5.41, 5.74) is 7.29. The molecule has 0 aromatic heterocycles. The Labute approximate surface area is 432 Å². The second-order valence-corrected chi connectivity index (χ2v) is 21.9. The summed E-state index contributed by atoms with van der Waals surface area (Å²) < 4.78 is 77.7. The van der Waals surface area contributed by atoms with Crippen LogP contribution < -0.4 is 44.3 Å². The molecule has 0 saturated heterocycles. The molecule has 2 amide bonds. The largest absolute Gasteiger partial charge is 0.493 e. The third-order valence-corrected chi connectivity index (χ3v) is 14.6. The van der Waals surface area contributed by atoms with E-state index in [-0.39, 0.29) is 54.3 Å². The van der Waals surface area contributed by atoms with Crippen LogP contribution in [0.4, 0.5) is 28.4 Å². The number of methoxy groups -OCH3 is 3. The zero-order chi connectivity index (χ0) is 51.4. The molecule has 73 heavy (non-hydrogen) atoms. The Morgan fingerprint density at radius 1 is 0.712 bits per heavy atom. The van der Waals surface area contributed by atoms with Gasteiger partial charge in [0.2, 0.25) is 0 Å². The van der Waals surface area contributed by atoms with Crippen molar-refractivity contribution in [3.8, 4) is 23.0 Å². The lowest BCUT2D eigenvalue weighted by Crippen LogP contribution is -2.49. The van der Waals surface area contributed by atoms with Gasteiger partial charge in [-0.2, -0.15) is 21.0 Å². The highest BCUT2D eigenvalue weighted by molar-refractivity contribution is 7.86. The van der Waals surface area contributed by atoms with Crippen molar-refractivity contribution in [3.05, 3.63) is 124 Å². The van der Waals surface area contributed by atoms with Crippen LogP contribution in [0, 0.1) is 0 Å². The molecule has 0 bridgehead atoms. The Morgan fingerprint density at radius 2 is 1.27 bits per heavy atom. The summed E-state index contributed by atoms with van der Waals surface area (Å²) in [7, 11) is -0.0729. The van der Waals surface area contributed by atoms with E-state index in [2.05, 4.69) is 21.6 Å². The molecule has 4 aliphatic heterocycles. The molecule has 388 valence electrons. The van der Waals surface area contributed by atoms with E-state index < -0.39 is 32.2 Å². The predicted molar refractivity (Wildman–Crippen MR) is 283 cm³/mol. The normalized spacial score (nSPS) is 17.9. The fourth-order valence-electron chi connectivity index (χ4n) is 10.1. The summed E-state index contributed by atoms with van der Waals surface area (Å²) in [5, 5.41) is 4.94. The third kappa shape index (κ3) is 11.5. The Bertz CT molecular complexity index is 2950. The quantitative estimate of drug-likeness (QED) is 0.0319. The van der Waals surface area contributed by atoms with Crippen LogP contribution in [0.15, 0.2) is 91.0 Å². The van der Waals surface area contributed by atoms with Crippen LogP contribution in [0.2, 0.25) is 0 Å². The molecule has 3 atom stereocenters. The lowest BCUT2D eigenvalue weighted by atomic mass is 10.0. The Morgan fingerprint density at radius 3 is 1.89 bits per heavy atom. The van der Waals surface area contributed by atoms with E-state index in [1.807, 2.05) is 73.3 Å². The summed E-state index contributed by atoms with van der Waals surface area (Å²) in [6.45, 7) is 8.12. The van der Waals surface area contributed by atoms with E-state index >= 15 is 0 Å². The number of hydrogen-bond donors (Lipinski definition) is 4. The Balaban J connectivity index is 1.01. The maximum atomic E-state index is 14.4. The smallest absolute Gasteiger partial charge is 0.288 e. The first-order valence-electron chi connectivity index (χ1n) is 24.4. The molecular weight excluding hydrogens is 975 g/mol. The van der Waals surface area contributed by atoms with Crippen LogP contribution in [0.5, 0.6) is 23.0 Å². The van der Waals surface area contributed by atoms with Crippen LogP contribution in [-0.4, -0.2) is 121 Å². The Hall–Kier alpha value is -6.22. The number of nitrogens with one attached hydrogen (secondary N) is 2. The van der Waals surface area contributed by atoms with Crippen LogP contribution in [0.3, 0.4) is 0 Å². The average Bonchev–Trinajstić information content (AvgIpc) is 3.90. The van der Waals surface area contributed by atoms with Gasteiger partial charge in [0, 0.05) is 66.7 Å². The minimum Gasteiger partial charge on any atom is -0.493 e. The molecule has 9 rings (SSSR count). The SMILES string of the molecule is COCCOCCOCCN(CC(C)(C)S)c1cc(COc2cc3c(cc2OC)C(=O)N2c4ccccc4C[C@H]2CCN3)cc(COc2cc3c(cc2OC)C(=O)N2c4ccccc4C[C@H]2C(S(=O)(=O)O)N3)c1. The molecule has 17 nitrogen and oxygen atoms in total. The van der Waals surface area contributed by atoms with Crippen molar-refractivity contribution in [3.63, 3.8) is 0 Å². The molecule has 4 heterocycles. The number of para-hydroxylation sites is 2. The maximum Gasteiger partial charge on any atom is 0.288 e. The molecule has 4 aliphatic rings. The second-order valence-electron chi connectivity index (χ2n) is 19.2. The van der Waals surface area contributed by atoms with Crippen molar-refractivity contribution in [2.24, 2.45) is 0 Å². The molecule has 5 aromatic rings. The molecule has 1 unspecified atom stereocenters. The number of nitrogens with zero attached hydrogens (tertiary/aromatic N) is 3. The van der Waals surface area contributed by atoms with Gasteiger partial charge < -0.3 is 58.5 Å². The number of rotatable bonds is 21. The van der Waals surface area contributed by atoms with Gasteiger partial charge in [-0.25, -0.2) is 0 Å². The van der Waals surface area contributed by atoms with Gasteiger partial charge in [0.15, 0.2) is 28.4 Å². The Kier molecular flexibility index (Phi) is 15.6. The van der Waals surface area contributed by atoms with Crippen molar-refractivity contribution < 1.29 is 55.7 Å². The standard InChI is InChI=1S/C54H63N5O12S2/c1-54(2,72)33-57(16-17-68-20-21-69-19-18-65-3)39-23-34(31-70-49-29-42-40(27-47(49)66-4)52(60)58-38(14-15-55-42)25-36-10-6-8-12-44(36)58)22-35(24-39)32-71-50-30-43-41(28-48(50)67-5)53(61)59-45-13-9-7-11-37(45)26-46(59)51(56-43)73(62,63)64/h6-13,22-24,27-30,38,46,51,55-56,72H,14-21,25-26,31-33H2,1-5H3,(H,62,63,64)/t38-,46+,51?/m1/s1. The van der Waals surface area contributed by atoms with Crippen LogP contribution in [0.1, 0.15) is 63.2 Å². The van der Waals surface area contributed by atoms with Gasteiger partial charge in [-0.05, 0) is 97.8 Å². The molecule has 5 aromatic carbocycles. The van der Waals surface area contributed by atoms with E-state index in [1.165, 1.54) is 24.1 Å². The molecule has 0 aliphatic carbocycles. The number of benzene rings is 5. The summed E-state index contributed by atoms with van der Waals surface area (Å²) in [6.07, 6.45) is 1.80. The average molecular weight is 1040 g/mol. The lowest BCUT2D eigenvalue weighted by molar-refractivity contribution is 0.0264. The third-order valence-electron chi connectivity index (χ3n) is 13.4. The number of ether oxygens (including phenoxy) is 7. The van der Waals surface area contributed by atoms with Gasteiger partial charge in [-0.15, -0.1) is 0 Å². The van der Waals surface area contributed by atoms with E-state index in [0.717, 1.165) is 46.5 Å². The first-order valence-corrected chi connectivity index (χ1v) is 26.3. The monoisotopic (exact) mass is 1040 g/mol. The van der Waals surface area contributed by atoms with Crippen molar-refractivity contribution >= 4 is 63.0 Å². The number of thiol groups is 1. The van der Waals surface area contributed by atoms with Gasteiger partial charge in [0.05, 0.1) is 75.8 Å². The first-order chi connectivity index (χ1) is 35.1. The number of hydrogen-bond acceptors (Lipinski definition) is 15. The zero-order valence-corrected chi connectivity index (χ0v) is 43.4. The van der Waals surface area contributed by atoms with E-state index in [4.69, 9.17) is 45.8 Å². The van der Waals surface area contributed by atoms with Crippen molar-refractivity contribution in [2.75, 3.05) is 99.3 Å². The molecule has 0 fully saturated rings. The fourth-order valence-corrected chi connectivity index (χ4v) is 11.2. The topological polar surface area (TPSA) is 187 Å². The molecule has 3 N–H and O–H groups in total. The first kappa shape index (κ1) is 51.7. The molecule has 0 radical (unpaired) electrons. The summed E-state index contributed by atoms with van der Waals surface area (Å²) in [6, 6.07) is 27.1. The summed E-state index contributed by atoms with van der Waals surface area (Å²) >= 11 is 4.93. The van der Waals surface area contributed by atoms with E-state index in [1.54, 1.807) is 32.4 Å². The van der Waals surface area contributed by atoms with Crippen LogP contribution in [0.25, 0.3) is 0 Å². The number of anilines is 5. The number of fused-ring (bicyclic) bond motifs is 8. The van der Waals surface area contributed by atoms with Crippen molar-refractivity contribution in [1.29, 1.82) is 0 Å². The number of carbonyl (C=O) groups is 2. The van der Waals surface area contributed by atoms with Gasteiger partial charge in [0.1, 0.15) is 13.2 Å². The maximum absolute atomic E-state index is 14.4. The highest BCUT2D eigenvalue weighted by atomic mass is 32.2. The van der Waals surface area contributed by atoms with E-state index in [9.17, 15) is 22.6 Å². The summed E-state index contributed by atoms with van der Waals surface area (Å²) in [5.74, 6) is 0.771. The number of carbonyl (C=O) groups excluding carboxylic acids is 2. The lowest BCUT2D eigenvalue weighted by Gasteiger charge is -2.32.